The predicted molar refractivity (Wildman–Crippen MR) is 74.6 cm³/mol. The summed E-state index contributed by atoms with van der Waals surface area (Å²) in [5, 5.41) is 0.787. The summed E-state index contributed by atoms with van der Waals surface area (Å²) in [5.41, 5.74) is 8.35. The zero-order valence-electron chi connectivity index (χ0n) is 10.7. The molecule has 0 unspecified atom stereocenters. The standard InChI is InChI=1S/C14H21ClN2/c1-14(2)5-7-17(8-6-14)12-4-3-11(10-16)13(15)9-12/h3-4,9H,5-8,10,16H2,1-2H3. The Labute approximate surface area is 109 Å². The van der Waals surface area contributed by atoms with Crippen molar-refractivity contribution in [3.63, 3.8) is 0 Å². The van der Waals surface area contributed by atoms with E-state index in [1.165, 1.54) is 18.5 Å². The van der Waals surface area contributed by atoms with Crippen LogP contribution in [-0.2, 0) is 6.54 Å². The first-order chi connectivity index (χ1) is 8.02. The van der Waals surface area contributed by atoms with E-state index >= 15 is 0 Å². The summed E-state index contributed by atoms with van der Waals surface area (Å²) < 4.78 is 0. The fourth-order valence-electron chi connectivity index (χ4n) is 2.27. The molecule has 0 aliphatic carbocycles. The van der Waals surface area contributed by atoms with Gasteiger partial charge in [0.15, 0.2) is 0 Å². The van der Waals surface area contributed by atoms with Crippen LogP contribution in [0.25, 0.3) is 0 Å². The summed E-state index contributed by atoms with van der Waals surface area (Å²) in [7, 11) is 0. The lowest BCUT2D eigenvalue weighted by atomic mass is 9.82. The Morgan fingerprint density at radius 2 is 1.94 bits per heavy atom. The molecule has 0 radical (unpaired) electrons. The first kappa shape index (κ1) is 12.7. The minimum absolute atomic E-state index is 0.484. The van der Waals surface area contributed by atoms with Gasteiger partial charge in [-0.2, -0.15) is 0 Å². The zero-order valence-corrected chi connectivity index (χ0v) is 11.4. The minimum Gasteiger partial charge on any atom is -0.371 e. The van der Waals surface area contributed by atoms with Gasteiger partial charge in [-0.05, 0) is 36.0 Å². The minimum atomic E-state index is 0.484. The second-order valence-electron chi connectivity index (χ2n) is 5.63. The van der Waals surface area contributed by atoms with E-state index in [2.05, 4.69) is 24.8 Å². The Morgan fingerprint density at radius 1 is 1.29 bits per heavy atom. The Morgan fingerprint density at radius 3 is 2.47 bits per heavy atom. The van der Waals surface area contributed by atoms with Crippen molar-refractivity contribution in [3.05, 3.63) is 28.8 Å². The van der Waals surface area contributed by atoms with Gasteiger partial charge >= 0.3 is 0 Å². The lowest BCUT2D eigenvalue weighted by Crippen LogP contribution is -2.37. The Balaban J connectivity index is 2.11. The van der Waals surface area contributed by atoms with E-state index in [0.717, 1.165) is 23.7 Å². The largest absolute Gasteiger partial charge is 0.371 e. The molecule has 0 spiro atoms. The number of anilines is 1. The van der Waals surface area contributed by atoms with E-state index in [1.54, 1.807) is 0 Å². The zero-order chi connectivity index (χ0) is 12.5. The van der Waals surface area contributed by atoms with Crippen molar-refractivity contribution < 1.29 is 0 Å². The fourth-order valence-corrected chi connectivity index (χ4v) is 2.52. The third-order valence-corrected chi connectivity index (χ3v) is 4.09. The highest BCUT2D eigenvalue weighted by Gasteiger charge is 2.25. The highest BCUT2D eigenvalue weighted by molar-refractivity contribution is 6.31. The van der Waals surface area contributed by atoms with Crippen LogP contribution in [0.3, 0.4) is 0 Å². The van der Waals surface area contributed by atoms with Crippen molar-refractivity contribution in [3.8, 4) is 0 Å². The molecular formula is C14H21ClN2. The summed E-state index contributed by atoms with van der Waals surface area (Å²) in [6, 6.07) is 6.21. The smallest absolute Gasteiger partial charge is 0.0471 e. The molecule has 1 aromatic carbocycles. The predicted octanol–water partition coefficient (Wildman–Crippen LogP) is 3.43. The van der Waals surface area contributed by atoms with Gasteiger partial charge in [0, 0.05) is 30.3 Å². The number of hydrogen-bond acceptors (Lipinski definition) is 2. The molecule has 94 valence electrons. The highest BCUT2D eigenvalue weighted by atomic mass is 35.5. The third kappa shape index (κ3) is 2.93. The number of benzene rings is 1. The third-order valence-electron chi connectivity index (χ3n) is 3.74. The Hall–Kier alpha value is -0.730. The molecule has 0 bridgehead atoms. The maximum absolute atomic E-state index is 6.20. The molecule has 2 rings (SSSR count). The molecule has 0 aromatic heterocycles. The summed E-state index contributed by atoms with van der Waals surface area (Å²) in [4.78, 5) is 2.41. The van der Waals surface area contributed by atoms with Crippen LogP contribution in [0.5, 0.6) is 0 Å². The van der Waals surface area contributed by atoms with Gasteiger partial charge in [0.05, 0.1) is 0 Å². The number of nitrogens with two attached hydrogens (primary N) is 1. The molecule has 1 aromatic rings. The SMILES string of the molecule is CC1(C)CCN(c2ccc(CN)c(Cl)c2)CC1. The van der Waals surface area contributed by atoms with E-state index < -0.39 is 0 Å². The van der Waals surface area contributed by atoms with Crippen LogP contribution >= 0.6 is 11.6 Å². The van der Waals surface area contributed by atoms with Gasteiger partial charge in [-0.25, -0.2) is 0 Å². The molecule has 0 amide bonds. The molecular weight excluding hydrogens is 232 g/mol. The van der Waals surface area contributed by atoms with Gasteiger partial charge in [0.2, 0.25) is 0 Å². The van der Waals surface area contributed by atoms with E-state index in [4.69, 9.17) is 17.3 Å². The fraction of sp³-hybridized carbons (Fsp3) is 0.571. The van der Waals surface area contributed by atoms with Crippen molar-refractivity contribution in [2.75, 3.05) is 18.0 Å². The Bertz CT molecular complexity index is 391. The van der Waals surface area contributed by atoms with Crippen molar-refractivity contribution >= 4 is 17.3 Å². The molecule has 2 nitrogen and oxygen atoms in total. The van der Waals surface area contributed by atoms with E-state index in [1.807, 2.05) is 12.1 Å². The number of nitrogens with zero attached hydrogens (tertiary/aromatic N) is 1. The molecule has 1 fully saturated rings. The van der Waals surface area contributed by atoms with Gasteiger partial charge in [-0.3, -0.25) is 0 Å². The monoisotopic (exact) mass is 252 g/mol. The van der Waals surface area contributed by atoms with E-state index in [9.17, 15) is 0 Å². The number of piperidine rings is 1. The van der Waals surface area contributed by atoms with Crippen LogP contribution in [0.2, 0.25) is 5.02 Å². The normalized spacial score (nSPS) is 19.4. The van der Waals surface area contributed by atoms with Crippen molar-refractivity contribution in [1.82, 2.24) is 0 Å². The maximum atomic E-state index is 6.20. The van der Waals surface area contributed by atoms with Crippen LogP contribution in [-0.4, -0.2) is 13.1 Å². The Kier molecular flexibility index (Phi) is 3.64. The van der Waals surface area contributed by atoms with Crippen LogP contribution < -0.4 is 10.6 Å². The van der Waals surface area contributed by atoms with Gasteiger partial charge < -0.3 is 10.6 Å². The maximum Gasteiger partial charge on any atom is 0.0471 e. The average molecular weight is 253 g/mol. The molecule has 1 saturated heterocycles. The van der Waals surface area contributed by atoms with E-state index in [-0.39, 0.29) is 0 Å². The molecule has 1 aliphatic heterocycles. The number of hydrogen-bond donors (Lipinski definition) is 1. The quantitative estimate of drug-likeness (QED) is 0.874. The van der Waals surface area contributed by atoms with Gasteiger partial charge in [0.1, 0.15) is 0 Å². The molecule has 0 saturated carbocycles. The second kappa shape index (κ2) is 4.87. The molecule has 17 heavy (non-hydrogen) atoms. The van der Waals surface area contributed by atoms with Crippen LogP contribution in [0, 0.1) is 5.41 Å². The van der Waals surface area contributed by atoms with Crippen molar-refractivity contribution in [2.24, 2.45) is 11.1 Å². The summed E-state index contributed by atoms with van der Waals surface area (Å²) >= 11 is 6.20. The van der Waals surface area contributed by atoms with Gasteiger partial charge in [-0.1, -0.05) is 31.5 Å². The summed E-state index contributed by atoms with van der Waals surface area (Å²) in [5.74, 6) is 0. The summed E-state index contributed by atoms with van der Waals surface area (Å²) in [6.07, 6.45) is 2.48. The first-order valence-electron chi connectivity index (χ1n) is 6.25. The lowest BCUT2D eigenvalue weighted by Gasteiger charge is -2.38. The molecule has 3 heteroatoms. The molecule has 2 N–H and O–H groups in total. The van der Waals surface area contributed by atoms with Crippen molar-refractivity contribution in [1.29, 1.82) is 0 Å². The summed E-state index contributed by atoms with van der Waals surface area (Å²) in [6.45, 7) is 7.42. The highest BCUT2D eigenvalue weighted by Crippen LogP contribution is 2.33. The second-order valence-corrected chi connectivity index (χ2v) is 6.04. The number of rotatable bonds is 2. The number of halogens is 1. The lowest BCUT2D eigenvalue weighted by molar-refractivity contribution is 0.280. The van der Waals surface area contributed by atoms with Gasteiger partial charge in [-0.15, -0.1) is 0 Å². The molecule has 0 atom stereocenters. The van der Waals surface area contributed by atoms with Crippen LogP contribution in [0.15, 0.2) is 18.2 Å². The van der Waals surface area contributed by atoms with Crippen molar-refractivity contribution in [2.45, 2.75) is 33.2 Å². The molecule has 1 aliphatic rings. The average Bonchev–Trinajstić information content (AvgIpc) is 2.29. The van der Waals surface area contributed by atoms with Crippen LogP contribution in [0.1, 0.15) is 32.3 Å². The first-order valence-corrected chi connectivity index (χ1v) is 6.63. The van der Waals surface area contributed by atoms with E-state index in [0.29, 0.717) is 12.0 Å². The van der Waals surface area contributed by atoms with Gasteiger partial charge in [0.25, 0.3) is 0 Å². The van der Waals surface area contributed by atoms with Crippen LogP contribution in [0.4, 0.5) is 5.69 Å². The molecule has 1 heterocycles. The topological polar surface area (TPSA) is 29.3 Å².